The van der Waals surface area contributed by atoms with Gasteiger partial charge >= 0.3 is 0 Å². The molecule has 2 heterocycles. The van der Waals surface area contributed by atoms with Crippen LogP contribution in [0.25, 0.3) is 11.0 Å². The molecule has 2 aromatic rings. The van der Waals surface area contributed by atoms with Gasteiger partial charge in [-0.25, -0.2) is 0 Å². The first-order valence-electron chi connectivity index (χ1n) is 8.57. The molecule has 0 unspecified atom stereocenters. The molecule has 2 fully saturated rings. The summed E-state index contributed by atoms with van der Waals surface area (Å²) in [5.74, 6) is 1.80. The molecule has 2 aliphatic rings. The molecule has 0 spiro atoms. The van der Waals surface area contributed by atoms with Gasteiger partial charge in [0.15, 0.2) is 11.4 Å². The van der Waals surface area contributed by atoms with Crippen LogP contribution in [-0.2, 0) is 0 Å². The number of hydrogen-bond donors (Lipinski definition) is 1. The van der Waals surface area contributed by atoms with Gasteiger partial charge in [-0.05, 0) is 43.9 Å². The summed E-state index contributed by atoms with van der Waals surface area (Å²) in [6, 6.07) is 6.21. The zero-order valence-corrected chi connectivity index (χ0v) is 13.4. The molecule has 6 heteroatoms. The van der Waals surface area contributed by atoms with Crippen LogP contribution < -0.4 is 16.1 Å². The lowest BCUT2D eigenvalue weighted by atomic mass is 9.79. The fourth-order valence-corrected chi connectivity index (χ4v) is 3.74. The number of piperazine rings is 1. The van der Waals surface area contributed by atoms with Crippen molar-refractivity contribution >= 4 is 30.1 Å². The van der Waals surface area contributed by atoms with Crippen LogP contribution in [0.3, 0.4) is 0 Å². The second-order valence-corrected chi connectivity index (χ2v) is 6.98. The van der Waals surface area contributed by atoms with E-state index in [2.05, 4.69) is 15.0 Å². The Kier molecular flexibility index (Phi) is 4.03. The van der Waals surface area contributed by atoms with Gasteiger partial charge < -0.3 is 15.2 Å². The van der Waals surface area contributed by atoms with E-state index < -0.39 is 0 Å². The summed E-state index contributed by atoms with van der Waals surface area (Å²) >= 11 is 0. The molecule has 4 rings (SSSR count). The third kappa shape index (κ3) is 3.10. The summed E-state index contributed by atoms with van der Waals surface area (Å²) in [5, 5.41) is 5.30. The van der Waals surface area contributed by atoms with E-state index in [1.807, 2.05) is 18.2 Å². The monoisotopic (exact) mass is 310 g/mol. The second kappa shape index (κ2) is 6.17. The normalized spacial score (nSPS) is 25.7. The lowest BCUT2D eigenvalue weighted by Crippen LogP contribution is -2.47. The summed E-state index contributed by atoms with van der Waals surface area (Å²) in [5.41, 5.74) is 7.34. The number of rotatable bonds is 4. The van der Waals surface area contributed by atoms with E-state index in [4.69, 9.17) is 18.1 Å². The number of hydrogen-bond acceptors (Lipinski definition) is 5. The Bertz CT molecular complexity index is 674. The highest BCUT2D eigenvalue weighted by Gasteiger charge is 2.27. The van der Waals surface area contributed by atoms with Crippen molar-refractivity contribution < 1.29 is 4.52 Å². The van der Waals surface area contributed by atoms with Crippen molar-refractivity contribution in [2.75, 3.05) is 37.6 Å². The van der Waals surface area contributed by atoms with Gasteiger partial charge in [0.1, 0.15) is 7.85 Å². The van der Waals surface area contributed by atoms with Gasteiger partial charge in [0, 0.05) is 32.2 Å². The Labute approximate surface area is 138 Å². The van der Waals surface area contributed by atoms with Crippen LogP contribution in [0, 0.1) is 5.92 Å². The molecular formula is C17H23BN4O. The van der Waals surface area contributed by atoms with Crippen molar-refractivity contribution in [2.24, 2.45) is 11.7 Å². The molecule has 1 saturated heterocycles. The van der Waals surface area contributed by atoms with Crippen molar-refractivity contribution in [1.29, 1.82) is 0 Å². The van der Waals surface area contributed by atoms with Gasteiger partial charge in [-0.3, -0.25) is 4.90 Å². The molecule has 2 radical (unpaired) electrons. The van der Waals surface area contributed by atoms with Gasteiger partial charge in [0.05, 0.1) is 5.39 Å². The largest absolute Gasteiger partial charge is 0.354 e. The Morgan fingerprint density at radius 1 is 1.22 bits per heavy atom. The van der Waals surface area contributed by atoms with E-state index in [9.17, 15) is 0 Å². The van der Waals surface area contributed by atoms with E-state index in [-0.39, 0.29) is 0 Å². The Balaban J connectivity index is 1.33. The van der Waals surface area contributed by atoms with Crippen LogP contribution >= 0.6 is 0 Å². The molecule has 1 aromatic heterocycles. The number of nitrogens with zero attached hydrogens (tertiary/aromatic N) is 3. The molecule has 2 N–H and O–H groups in total. The molecule has 1 aliphatic heterocycles. The Morgan fingerprint density at radius 3 is 2.74 bits per heavy atom. The lowest BCUT2D eigenvalue weighted by Gasteiger charge is -2.37. The van der Waals surface area contributed by atoms with E-state index in [1.165, 1.54) is 25.8 Å². The molecule has 5 nitrogen and oxygen atoms in total. The summed E-state index contributed by atoms with van der Waals surface area (Å²) in [4.78, 5) is 4.87. The van der Waals surface area contributed by atoms with Crippen molar-refractivity contribution in [3.63, 3.8) is 0 Å². The first-order valence-corrected chi connectivity index (χ1v) is 8.57. The maximum absolute atomic E-state index is 5.86. The average molecular weight is 310 g/mol. The second-order valence-electron chi connectivity index (χ2n) is 6.98. The van der Waals surface area contributed by atoms with Crippen molar-refractivity contribution in [3.05, 3.63) is 18.2 Å². The highest BCUT2D eigenvalue weighted by molar-refractivity contribution is 6.33. The third-order valence-electron chi connectivity index (χ3n) is 5.27. The highest BCUT2D eigenvalue weighted by Crippen LogP contribution is 2.29. The molecule has 1 aromatic carbocycles. The van der Waals surface area contributed by atoms with Gasteiger partial charge in [0.2, 0.25) is 0 Å². The zero-order chi connectivity index (χ0) is 15.8. The summed E-state index contributed by atoms with van der Waals surface area (Å²) in [6.07, 6.45) is 3.72. The molecule has 1 saturated carbocycles. The number of benzene rings is 1. The van der Waals surface area contributed by atoms with Gasteiger partial charge in [-0.2, -0.15) is 0 Å². The number of fused-ring (bicyclic) bond motifs is 1. The van der Waals surface area contributed by atoms with Gasteiger partial charge in [-0.15, -0.1) is 0 Å². The van der Waals surface area contributed by atoms with E-state index >= 15 is 0 Å². The fraction of sp³-hybridized carbons (Fsp3) is 0.588. The van der Waals surface area contributed by atoms with Crippen LogP contribution in [-0.4, -0.2) is 56.7 Å². The first-order chi connectivity index (χ1) is 11.2. The summed E-state index contributed by atoms with van der Waals surface area (Å²) in [6.45, 7) is 5.36. The minimum absolute atomic E-state index is 0.464. The number of nitrogens with two attached hydrogens (primary N) is 1. The fourth-order valence-electron chi connectivity index (χ4n) is 3.74. The molecular weight excluding hydrogens is 287 g/mol. The van der Waals surface area contributed by atoms with Crippen molar-refractivity contribution in [1.82, 2.24) is 10.1 Å². The minimum Gasteiger partial charge on any atom is -0.354 e. The predicted molar refractivity (Wildman–Crippen MR) is 93.4 cm³/mol. The first kappa shape index (κ1) is 15.0. The van der Waals surface area contributed by atoms with Crippen LogP contribution in [0.15, 0.2) is 22.7 Å². The molecule has 120 valence electrons. The highest BCUT2D eigenvalue weighted by atomic mass is 16.5. The Hall–Kier alpha value is -1.53. The molecule has 0 atom stereocenters. The van der Waals surface area contributed by atoms with E-state index in [1.54, 1.807) is 0 Å². The number of anilines is 1. The lowest BCUT2D eigenvalue weighted by molar-refractivity contribution is 0.189. The van der Waals surface area contributed by atoms with Crippen LogP contribution in [0.1, 0.15) is 19.3 Å². The van der Waals surface area contributed by atoms with Crippen LogP contribution in [0.4, 0.5) is 5.82 Å². The average Bonchev–Trinajstić information content (AvgIpc) is 2.94. The standard InChI is InChI=1S/C17H23BN4O/c18-13-1-2-15-16(11-13)23-20-17(15)22-7-5-21(6-8-22)4-3-12-9-14(19)10-12/h1-2,11-12,14H,3-10,19H2. The molecule has 0 amide bonds. The predicted octanol–water partition coefficient (Wildman–Crippen LogP) is 0.871. The zero-order valence-electron chi connectivity index (χ0n) is 13.4. The van der Waals surface area contributed by atoms with E-state index in [0.717, 1.165) is 48.9 Å². The maximum atomic E-state index is 5.86. The molecule has 1 aliphatic carbocycles. The summed E-state index contributed by atoms with van der Waals surface area (Å²) in [7, 11) is 5.80. The molecule has 23 heavy (non-hydrogen) atoms. The third-order valence-corrected chi connectivity index (χ3v) is 5.27. The Morgan fingerprint density at radius 2 is 2.00 bits per heavy atom. The minimum atomic E-state index is 0.464. The SMILES string of the molecule is [B]c1ccc2c(N3CCN(CCC4CC(N)C4)CC3)noc2c1. The topological polar surface area (TPSA) is 58.5 Å². The smallest absolute Gasteiger partial charge is 0.180 e. The molecule has 0 bridgehead atoms. The van der Waals surface area contributed by atoms with Crippen molar-refractivity contribution in [3.8, 4) is 0 Å². The van der Waals surface area contributed by atoms with Crippen LogP contribution in [0.2, 0.25) is 0 Å². The summed E-state index contributed by atoms with van der Waals surface area (Å²) < 4.78 is 5.42. The van der Waals surface area contributed by atoms with Crippen molar-refractivity contribution in [2.45, 2.75) is 25.3 Å². The van der Waals surface area contributed by atoms with Gasteiger partial charge in [0.25, 0.3) is 0 Å². The van der Waals surface area contributed by atoms with Crippen LogP contribution in [0.5, 0.6) is 0 Å². The number of aromatic nitrogens is 1. The maximum Gasteiger partial charge on any atom is 0.180 e. The quantitative estimate of drug-likeness (QED) is 0.849. The van der Waals surface area contributed by atoms with Gasteiger partial charge in [-0.1, -0.05) is 16.7 Å². The van der Waals surface area contributed by atoms with E-state index in [0.29, 0.717) is 11.5 Å².